The molecule has 1 aromatic heterocycles. The van der Waals surface area contributed by atoms with Gasteiger partial charge in [-0.1, -0.05) is 33.8 Å². The number of hydrogen-bond donors (Lipinski definition) is 0. The average molecular weight is 666 g/mol. The summed E-state index contributed by atoms with van der Waals surface area (Å²) in [6.07, 6.45) is -4.86. The van der Waals surface area contributed by atoms with Crippen molar-refractivity contribution in [3.05, 3.63) is 82.2 Å². The minimum atomic E-state index is -4.97. The normalized spacial score (nSPS) is 15.3. The fraction of sp³-hybridized carbons (Fsp3) is 0.486. The van der Waals surface area contributed by atoms with Gasteiger partial charge in [0, 0.05) is 25.8 Å². The summed E-state index contributed by atoms with van der Waals surface area (Å²) < 4.78 is 99.0. The summed E-state index contributed by atoms with van der Waals surface area (Å²) in [5.41, 5.74) is 1.02. The highest BCUT2D eigenvalue weighted by Gasteiger charge is 2.37. The van der Waals surface area contributed by atoms with Crippen molar-refractivity contribution in [1.82, 2.24) is 9.97 Å². The third-order valence-corrected chi connectivity index (χ3v) is 8.24. The molecule has 1 aliphatic rings. The Kier molecular flexibility index (Phi) is 11.1. The number of benzene rings is 2. The van der Waals surface area contributed by atoms with Crippen molar-refractivity contribution >= 4 is 11.5 Å². The van der Waals surface area contributed by atoms with Gasteiger partial charge in [-0.2, -0.15) is 26.3 Å². The van der Waals surface area contributed by atoms with Crippen molar-refractivity contribution in [2.24, 2.45) is 5.41 Å². The number of allylic oxidation sites excluding steroid dienone is 1. The maximum atomic E-state index is 13.8. The van der Waals surface area contributed by atoms with Gasteiger partial charge in [0.05, 0.1) is 37.2 Å². The molecule has 0 amide bonds. The monoisotopic (exact) mass is 665 g/mol. The van der Waals surface area contributed by atoms with Crippen LogP contribution >= 0.6 is 0 Å². The molecule has 0 saturated heterocycles. The molecule has 12 heteroatoms. The Morgan fingerprint density at radius 2 is 1.51 bits per heavy atom. The summed E-state index contributed by atoms with van der Waals surface area (Å²) in [6, 6.07) is 7.68. The molecule has 4 rings (SSSR count). The largest absolute Gasteiger partial charge is 0.496 e. The zero-order valence-electron chi connectivity index (χ0n) is 27.5. The highest BCUT2D eigenvalue weighted by Crippen LogP contribution is 2.46. The molecule has 0 saturated carbocycles. The minimum Gasteiger partial charge on any atom is -0.496 e. The molecule has 3 aromatic rings. The van der Waals surface area contributed by atoms with E-state index in [1.165, 1.54) is 19.5 Å². The number of hydrogen-bond acceptors (Lipinski definition) is 6. The van der Waals surface area contributed by atoms with Crippen molar-refractivity contribution in [2.45, 2.75) is 71.8 Å². The predicted molar refractivity (Wildman–Crippen MR) is 169 cm³/mol. The Morgan fingerprint density at radius 3 is 2.06 bits per heavy atom. The van der Waals surface area contributed by atoms with Crippen LogP contribution in [-0.4, -0.2) is 43.9 Å². The van der Waals surface area contributed by atoms with Gasteiger partial charge in [-0.05, 0) is 83.2 Å². The summed E-state index contributed by atoms with van der Waals surface area (Å²) in [5, 5.41) is 0. The summed E-state index contributed by atoms with van der Waals surface area (Å²) in [6.45, 7) is 8.90. The lowest BCUT2D eigenvalue weighted by molar-refractivity contribution is -0.143. The van der Waals surface area contributed by atoms with Crippen LogP contribution in [0.3, 0.4) is 0 Å². The molecule has 0 aliphatic heterocycles. The molecule has 1 aliphatic carbocycles. The van der Waals surface area contributed by atoms with E-state index in [1.54, 1.807) is 12.0 Å². The van der Waals surface area contributed by atoms with E-state index in [9.17, 15) is 26.3 Å². The van der Waals surface area contributed by atoms with E-state index in [1.807, 2.05) is 12.1 Å². The minimum absolute atomic E-state index is 0.104. The van der Waals surface area contributed by atoms with E-state index in [4.69, 9.17) is 14.2 Å². The first-order chi connectivity index (χ1) is 22.0. The molecule has 256 valence electrons. The van der Waals surface area contributed by atoms with E-state index in [2.05, 4.69) is 43.7 Å². The quantitative estimate of drug-likeness (QED) is 0.142. The highest BCUT2D eigenvalue weighted by molar-refractivity contribution is 5.75. The van der Waals surface area contributed by atoms with Gasteiger partial charge < -0.3 is 19.1 Å². The molecule has 0 fully saturated rings. The van der Waals surface area contributed by atoms with Crippen molar-refractivity contribution < 1.29 is 40.6 Å². The molecule has 0 N–H and O–H groups in total. The fourth-order valence-corrected chi connectivity index (χ4v) is 5.76. The molecule has 0 bridgehead atoms. The third-order valence-electron chi connectivity index (χ3n) is 8.24. The molecule has 1 heterocycles. The van der Waals surface area contributed by atoms with E-state index >= 15 is 0 Å². The molecule has 0 radical (unpaired) electrons. The number of aromatic nitrogens is 2. The Bertz CT molecular complexity index is 1520. The molecule has 0 spiro atoms. The summed E-state index contributed by atoms with van der Waals surface area (Å²) in [7, 11) is 3.13. The first-order valence-corrected chi connectivity index (χ1v) is 15.4. The highest BCUT2D eigenvalue weighted by atomic mass is 19.4. The summed E-state index contributed by atoms with van der Waals surface area (Å²) in [4.78, 5) is 10.5. The van der Waals surface area contributed by atoms with Crippen LogP contribution in [0.5, 0.6) is 11.5 Å². The number of halogens is 6. The van der Waals surface area contributed by atoms with Gasteiger partial charge in [-0.3, -0.25) is 0 Å². The zero-order chi connectivity index (χ0) is 34.6. The van der Waals surface area contributed by atoms with Crippen molar-refractivity contribution in [2.75, 3.05) is 38.9 Å². The SMILES string of the molecule is COCCOc1cnc(N(CC2=C(c3cc(C(C)C)ccc3OC)CCC(C)(C)C2)Cc2cc(C(F)(F)F)cc(C(F)(F)F)c2)nc1. The maximum absolute atomic E-state index is 13.8. The molecule has 47 heavy (non-hydrogen) atoms. The molecular formula is C35H41F6N3O3. The van der Waals surface area contributed by atoms with E-state index < -0.39 is 23.5 Å². The molecule has 0 atom stereocenters. The van der Waals surface area contributed by atoms with Gasteiger partial charge in [0.1, 0.15) is 12.4 Å². The van der Waals surface area contributed by atoms with Gasteiger partial charge in [0.15, 0.2) is 5.75 Å². The zero-order valence-corrected chi connectivity index (χ0v) is 27.5. The lowest BCUT2D eigenvalue weighted by Gasteiger charge is -2.36. The van der Waals surface area contributed by atoms with Gasteiger partial charge in [-0.25, -0.2) is 9.97 Å². The first-order valence-electron chi connectivity index (χ1n) is 15.4. The van der Waals surface area contributed by atoms with Crippen LogP contribution in [0.2, 0.25) is 0 Å². The first kappa shape index (κ1) is 36.0. The second kappa shape index (κ2) is 14.5. The fourth-order valence-electron chi connectivity index (χ4n) is 5.76. The van der Waals surface area contributed by atoms with Crippen LogP contribution in [0.4, 0.5) is 32.3 Å². The number of anilines is 1. The number of alkyl halides is 6. The number of nitrogens with zero attached hydrogens (tertiary/aromatic N) is 3. The molecule has 2 aromatic carbocycles. The standard InChI is InChI=1S/C35H41F6N3O3/c1-22(2)24-7-8-31(46-6)30(15-24)29-9-10-33(3,4)17-25(29)21-44(32-42-18-28(19-43-32)47-12-11-45-5)20-23-13-26(34(36,37)38)16-27(14-23)35(39,40)41/h7-8,13-16,18-19,22H,9-12,17,20-21H2,1-6H3. The van der Waals surface area contributed by atoms with Gasteiger partial charge in [-0.15, -0.1) is 0 Å². The third kappa shape index (κ3) is 9.39. The second-order valence-corrected chi connectivity index (χ2v) is 12.9. The summed E-state index contributed by atoms with van der Waals surface area (Å²) in [5.74, 6) is 1.42. The van der Waals surface area contributed by atoms with Crippen LogP contribution in [0, 0.1) is 5.41 Å². The number of methoxy groups -OCH3 is 2. The summed E-state index contributed by atoms with van der Waals surface area (Å²) >= 11 is 0. The van der Waals surface area contributed by atoms with Gasteiger partial charge in [0.2, 0.25) is 5.95 Å². The topological polar surface area (TPSA) is 56.7 Å². The molecule has 0 unspecified atom stereocenters. The Hall–Kier alpha value is -3.80. The van der Waals surface area contributed by atoms with E-state index in [0.717, 1.165) is 40.8 Å². The Morgan fingerprint density at radius 1 is 0.872 bits per heavy atom. The van der Waals surface area contributed by atoms with Crippen LogP contribution in [-0.2, 0) is 23.6 Å². The molecular weight excluding hydrogens is 624 g/mol. The van der Waals surface area contributed by atoms with E-state index in [0.29, 0.717) is 30.9 Å². The van der Waals surface area contributed by atoms with Gasteiger partial charge >= 0.3 is 12.4 Å². The lowest BCUT2D eigenvalue weighted by atomic mass is 9.72. The molecule has 6 nitrogen and oxygen atoms in total. The van der Waals surface area contributed by atoms with Crippen LogP contribution in [0.15, 0.2) is 54.4 Å². The second-order valence-electron chi connectivity index (χ2n) is 12.9. The van der Waals surface area contributed by atoms with Crippen LogP contribution in [0.25, 0.3) is 5.57 Å². The lowest BCUT2D eigenvalue weighted by Crippen LogP contribution is -2.31. The average Bonchev–Trinajstić information content (AvgIpc) is 2.99. The Balaban J connectivity index is 1.85. The van der Waals surface area contributed by atoms with Crippen LogP contribution in [0.1, 0.15) is 80.7 Å². The Labute approximate surface area is 271 Å². The van der Waals surface area contributed by atoms with Gasteiger partial charge in [0.25, 0.3) is 0 Å². The van der Waals surface area contributed by atoms with E-state index in [-0.39, 0.29) is 48.6 Å². The number of rotatable bonds is 12. The van der Waals surface area contributed by atoms with Crippen molar-refractivity contribution in [1.29, 1.82) is 0 Å². The predicted octanol–water partition coefficient (Wildman–Crippen LogP) is 9.34. The van der Waals surface area contributed by atoms with Crippen molar-refractivity contribution in [3.63, 3.8) is 0 Å². The maximum Gasteiger partial charge on any atom is 0.416 e. The van der Waals surface area contributed by atoms with Crippen LogP contribution < -0.4 is 14.4 Å². The smallest absolute Gasteiger partial charge is 0.416 e. The number of ether oxygens (including phenoxy) is 3. The van der Waals surface area contributed by atoms with Crippen molar-refractivity contribution in [3.8, 4) is 11.5 Å².